The second-order valence-corrected chi connectivity index (χ2v) is 7.36. The number of aromatic nitrogens is 2. The molecule has 0 unspecified atom stereocenters. The van der Waals surface area contributed by atoms with Gasteiger partial charge in [0.25, 0.3) is 0 Å². The van der Waals surface area contributed by atoms with Crippen LogP contribution in [0.25, 0.3) is 11.0 Å². The van der Waals surface area contributed by atoms with Crippen molar-refractivity contribution in [1.82, 2.24) is 15.0 Å². The second kappa shape index (κ2) is 7.61. The van der Waals surface area contributed by atoms with E-state index in [2.05, 4.69) is 15.3 Å². The highest BCUT2D eigenvalue weighted by atomic mass is 35.5. The molecule has 1 fully saturated rings. The van der Waals surface area contributed by atoms with Gasteiger partial charge in [-0.2, -0.15) is 0 Å². The Hall–Kier alpha value is -2.52. The minimum atomic E-state index is -1.17. The largest absolute Gasteiger partial charge is 0.464 e. The first-order valence-corrected chi connectivity index (χ1v) is 9.15. The Labute approximate surface area is 161 Å². The van der Waals surface area contributed by atoms with Gasteiger partial charge in [0.05, 0.1) is 34.0 Å². The van der Waals surface area contributed by atoms with Gasteiger partial charge in [0.2, 0.25) is 5.91 Å². The van der Waals surface area contributed by atoms with Crippen molar-refractivity contribution in [2.45, 2.75) is 32.7 Å². The lowest BCUT2D eigenvalue weighted by molar-refractivity contribution is -0.118. The summed E-state index contributed by atoms with van der Waals surface area (Å²) in [4.78, 5) is 32.7. The third-order valence-electron chi connectivity index (χ3n) is 4.74. The number of aromatic amines is 1. The van der Waals surface area contributed by atoms with Crippen LogP contribution in [0, 0.1) is 5.92 Å². The molecular formula is C17H23ClN6O3. The number of nitrogens with two attached hydrogens (primary N) is 1. The van der Waals surface area contributed by atoms with Crippen LogP contribution >= 0.6 is 11.6 Å². The van der Waals surface area contributed by atoms with Crippen LogP contribution in [0.2, 0.25) is 5.02 Å². The zero-order valence-corrected chi connectivity index (χ0v) is 16.0. The third kappa shape index (κ3) is 3.79. The fraction of sp³-hybridized carbons (Fsp3) is 0.471. The summed E-state index contributed by atoms with van der Waals surface area (Å²) in [6.07, 6.45) is 3.51. The summed E-state index contributed by atoms with van der Waals surface area (Å²) in [5.41, 5.74) is 1.91. The predicted molar refractivity (Wildman–Crippen MR) is 104 cm³/mol. The van der Waals surface area contributed by atoms with Crippen LogP contribution in [0.4, 0.5) is 16.2 Å². The van der Waals surface area contributed by atoms with Crippen molar-refractivity contribution in [1.29, 1.82) is 0 Å². The Bertz CT molecular complexity index is 868. The molecule has 1 aliphatic heterocycles. The smallest absolute Gasteiger partial charge is 0.421 e. The first-order chi connectivity index (χ1) is 12.8. The van der Waals surface area contributed by atoms with Crippen molar-refractivity contribution in [3.05, 3.63) is 17.4 Å². The number of pyridine rings is 1. The van der Waals surface area contributed by atoms with Crippen molar-refractivity contribution in [3.8, 4) is 0 Å². The van der Waals surface area contributed by atoms with Crippen molar-refractivity contribution in [2.24, 2.45) is 11.8 Å². The fourth-order valence-corrected chi connectivity index (χ4v) is 3.54. The van der Waals surface area contributed by atoms with E-state index in [1.807, 2.05) is 18.7 Å². The molecule has 10 heteroatoms. The number of carbonyl (C=O) groups is 2. The Kier molecular flexibility index (Phi) is 5.43. The molecule has 0 radical (unpaired) electrons. The van der Waals surface area contributed by atoms with E-state index in [0.717, 1.165) is 11.4 Å². The highest BCUT2D eigenvalue weighted by Crippen LogP contribution is 2.39. The summed E-state index contributed by atoms with van der Waals surface area (Å²) in [5, 5.41) is 14.1. The molecule has 2 aromatic heterocycles. The summed E-state index contributed by atoms with van der Waals surface area (Å²) in [5.74, 6) is 5.40. The molecule has 0 aromatic carbocycles. The molecule has 0 aliphatic carbocycles. The maximum atomic E-state index is 12.2. The molecular weight excluding hydrogens is 372 g/mol. The van der Waals surface area contributed by atoms with Gasteiger partial charge in [-0.15, -0.1) is 0 Å². The summed E-state index contributed by atoms with van der Waals surface area (Å²) >= 11 is 6.46. The van der Waals surface area contributed by atoms with E-state index in [1.165, 1.54) is 0 Å². The maximum absolute atomic E-state index is 12.2. The van der Waals surface area contributed by atoms with E-state index >= 15 is 0 Å². The number of hydrogen-bond acceptors (Lipinski definition) is 5. The Morgan fingerprint density at radius 3 is 2.93 bits per heavy atom. The molecule has 3 rings (SSSR count). The number of carboxylic acid groups (broad SMARTS) is 1. The lowest BCUT2D eigenvalue weighted by Gasteiger charge is -2.37. The zero-order chi connectivity index (χ0) is 19.7. The molecule has 9 nitrogen and oxygen atoms in total. The maximum Gasteiger partial charge on any atom is 0.421 e. The molecule has 5 N–H and O–H groups in total. The quantitative estimate of drug-likeness (QED) is 0.358. The number of halogens is 1. The molecule has 2 amide bonds. The average Bonchev–Trinajstić information content (AvgIpc) is 3.03. The number of fused-ring (bicyclic) bond motifs is 1. The van der Waals surface area contributed by atoms with Crippen molar-refractivity contribution < 1.29 is 14.7 Å². The van der Waals surface area contributed by atoms with Gasteiger partial charge in [-0.05, 0) is 12.8 Å². The molecule has 146 valence electrons. The molecule has 0 spiro atoms. The van der Waals surface area contributed by atoms with E-state index in [9.17, 15) is 14.7 Å². The molecule has 0 saturated carbocycles. The third-order valence-corrected chi connectivity index (χ3v) is 5.02. The van der Waals surface area contributed by atoms with E-state index in [1.54, 1.807) is 12.4 Å². The van der Waals surface area contributed by atoms with E-state index < -0.39 is 6.09 Å². The van der Waals surface area contributed by atoms with Gasteiger partial charge in [-0.1, -0.05) is 25.4 Å². The summed E-state index contributed by atoms with van der Waals surface area (Å²) < 4.78 is 0. The number of nitrogens with one attached hydrogen (secondary N) is 2. The average molecular weight is 395 g/mol. The number of amides is 2. The topological polar surface area (TPSA) is 128 Å². The van der Waals surface area contributed by atoms with Crippen LogP contribution in [-0.4, -0.2) is 51.2 Å². The number of nitrogens with zero attached hydrogens (tertiary/aromatic N) is 3. The normalized spacial score (nSPS) is 17.4. The van der Waals surface area contributed by atoms with Crippen LogP contribution < -0.4 is 16.1 Å². The summed E-state index contributed by atoms with van der Waals surface area (Å²) in [6.45, 7) is 4.73. The fourth-order valence-electron chi connectivity index (χ4n) is 3.28. The van der Waals surface area contributed by atoms with Crippen LogP contribution in [0.15, 0.2) is 12.4 Å². The molecule has 3 heterocycles. The lowest BCUT2D eigenvalue weighted by Crippen LogP contribution is -2.53. The van der Waals surface area contributed by atoms with E-state index in [-0.39, 0.29) is 17.9 Å². The number of anilines is 2. The number of carbonyl (C=O) groups excluding carboxylic acids is 1. The van der Waals surface area contributed by atoms with Crippen LogP contribution in [0.3, 0.4) is 0 Å². The number of piperidine rings is 1. The van der Waals surface area contributed by atoms with Crippen molar-refractivity contribution in [3.63, 3.8) is 0 Å². The van der Waals surface area contributed by atoms with Crippen LogP contribution in [0.5, 0.6) is 0 Å². The number of hydrogen-bond donors (Lipinski definition) is 4. The van der Waals surface area contributed by atoms with Crippen molar-refractivity contribution in [2.75, 3.05) is 23.3 Å². The highest BCUT2D eigenvalue weighted by molar-refractivity contribution is 6.35. The van der Waals surface area contributed by atoms with E-state index in [4.69, 9.17) is 17.4 Å². The van der Waals surface area contributed by atoms with Crippen LogP contribution in [-0.2, 0) is 4.79 Å². The van der Waals surface area contributed by atoms with Gasteiger partial charge in [-0.3, -0.25) is 4.79 Å². The molecule has 27 heavy (non-hydrogen) atoms. The zero-order valence-electron chi connectivity index (χ0n) is 15.2. The Morgan fingerprint density at radius 1 is 1.52 bits per heavy atom. The van der Waals surface area contributed by atoms with Crippen molar-refractivity contribution >= 4 is 46.0 Å². The first kappa shape index (κ1) is 19.2. The van der Waals surface area contributed by atoms with Gasteiger partial charge in [0.1, 0.15) is 5.65 Å². The van der Waals surface area contributed by atoms with E-state index in [0.29, 0.717) is 46.9 Å². The van der Waals surface area contributed by atoms with Gasteiger partial charge < -0.3 is 20.3 Å². The SMILES string of the molecule is CC(C)C(=O)Nc1c[nH]c2ncc(Cl)c(N3CCC[C@@H](N(N)C(=O)O)C3)c12. The highest BCUT2D eigenvalue weighted by Gasteiger charge is 2.29. The molecule has 2 aromatic rings. The molecule has 1 saturated heterocycles. The van der Waals surface area contributed by atoms with Crippen LogP contribution in [0.1, 0.15) is 26.7 Å². The Morgan fingerprint density at radius 2 is 2.26 bits per heavy atom. The monoisotopic (exact) mass is 394 g/mol. The minimum Gasteiger partial charge on any atom is -0.464 e. The summed E-state index contributed by atoms with van der Waals surface area (Å²) in [7, 11) is 0. The predicted octanol–water partition coefficient (Wildman–Crippen LogP) is 2.63. The summed E-state index contributed by atoms with van der Waals surface area (Å²) in [6, 6.07) is -0.344. The van der Waals surface area contributed by atoms with Gasteiger partial charge in [0, 0.05) is 25.2 Å². The standard InChI is InChI=1S/C17H23ClN6O3/c1-9(2)16(25)22-12-7-21-15-13(12)14(11(18)6-20-15)23-5-3-4-10(8-23)24(19)17(26)27/h6-7,9-10H,3-5,8,19H2,1-2H3,(H,20,21)(H,22,25)(H,26,27)/t10-/m1/s1. The minimum absolute atomic E-state index is 0.114. The Balaban J connectivity index is 2.00. The number of rotatable bonds is 4. The molecule has 1 atom stereocenters. The lowest BCUT2D eigenvalue weighted by atomic mass is 10.0. The molecule has 0 bridgehead atoms. The molecule has 1 aliphatic rings. The second-order valence-electron chi connectivity index (χ2n) is 6.96. The number of H-pyrrole nitrogens is 1. The first-order valence-electron chi connectivity index (χ1n) is 8.77. The number of hydrazine groups is 1. The van der Waals surface area contributed by atoms with Gasteiger partial charge >= 0.3 is 6.09 Å². The van der Waals surface area contributed by atoms with Gasteiger partial charge in [-0.25, -0.2) is 20.6 Å². The van der Waals surface area contributed by atoms with Gasteiger partial charge in [0.15, 0.2) is 0 Å².